The predicted octanol–water partition coefficient (Wildman–Crippen LogP) is 4.18. The summed E-state index contributed by atoms with van der Waals surface area (Å²) in [5.74, 6) is -1.79. The third kappa shape index (κ3) is 3.03. The van der Waals surface area contributed by atoms with Crippen LogP contribution in [0.5, 0.6) is 0 Å². The van der Waals surface area contributed by atoms with Crippen LogP contribution in [0.25, 0.3) is 0 Å². The predicted molar refractivity (Wildman–Crippen MR) is 68.4 cm³/mol. The molecular formula is C13H7Cl2FO3. The first-order chi connectivity index (χ1) is 8.99. The van der Waals surface area contributed by atoms with Crippen molar-refractivity contribution in [3.05, 3.63) is 57.7 Å². The van der Waals surface area contributed by atoms with Crippen LogP contribution in [-0.2, 0) is 0 Å². The summed E-state index contributed by atoms with van der Waals surface area (Å²) in [5.41, 5.74) is -0.0801. The Morgan fingerprint density at radius 3 is 2.53 bits per heavy atom. The van der Waals surface area contributed by atoms with E-state index < -0.39 is 23.8 Å². The highest BCUT2D eigenvalue weighted by Gasteiger charge is 2.19. The molecule has 0 spiro atoms. The van der Waals surface area contributed by atoms with Crippen molar-refractivity contribution in [1.82, 2.24) is 0 Å². The average molecular weight is 301 g/mol. The number of benzene rings is 1. The van der Waals surface area contributed by atoms with Gasteiger partial charge in [0.25, 0.3) is 0 Å². The zero-order chi connectivity index (χ0) is 14.0. The molecule has 0 amide bonds. The zero-order valence-electron chi connectivity index (χ0n) is 9.45. The van der Waals surface area contributed by atoms with Crippen LogP contribution < -0.4 is 0 Å². The maximum Gasteiger partial charge on any atom is 0.205 e. The molecule has 0 unspecified atom stereocenters. The van der Waals surface area contributed by atoms with Crippen LogP contribution >= 0.6 is 23.2 Å². The van der Waals surface area contributed by atoms with E-state index in [1.807, 2.05) is 0 Å². The van der Waals surface area contributed by atoms with Crippen molar-refractivity contribution >= 4 is 34.8 Å². The van der Waals surface area contributed by atoms with Crippen LogP contribution in [0.15, 0.2) is 34.9 Å². The highest BCUT2D eigenvalue weighted by Crippen LogP contribution is 2.25. The first-order valence-electron chi connectivity index (χ1n) is 5.23. The normalized spacial score (nSPS) is 10.5. The third-order valence-electron chi connectivity index (χ3n) is 2.43. The summed E-state index contributed by atoms with van der Waals surface area (Å²) < 4.78 is 18.2. The smallest absolute Gasteiger partial charge is 0.205 e. The van der Waals surface area contributed by atoms with Gasteiger partial charge >= 0.3 is 0 Å². The van der Waals surface area contributed by atoms with Crippen molar-refractivity contribution in [3.8, 4) is 0 Å². The van der Waals surface area contributed by atoms with Gasteiger partial charge in [-0.25, -0.2) is 4.39 Å². The van der Waals surface area contributed by atoms with Gasteiger partial charge in [-0.1, -0.05) is 23.2 Å². The maximum absolute atomic E-state index is 13.3. The number of furan rings is 1. The van der Waals surface area contributed by atoms with E-state index in [2.05, 4.69) is 0 Å². The molecule has 2 rings (SSSR count). The van der Waals surface area contributed by atoms with Crippen LogP contribution in [-0.4, -0.2) is 11.6 Å². The molecule has 1 heterocycles. The topological polar surface area (TPSA) is 47.3 Å². The molecular weight excluding hydrogens is 294 g/mol. The molecule has 98 valence electrons. The summed E-state index contributed by atoms with van der Waals surface area (Å²) in [6.45, 7) is 0. The van der Waals surface area contributed by atoms with Crippen molar-refractivity contribution in [1.29, 1.82) is 0 Å². The molecule has 1 aromatic heterocycles. The minimum absolute atomic E-state index is 0.00337. The van der Waals surface area contributed by atoms with Crippen molar-refractivity contribution in [2.24, 2.45) is 0 Å². The quantitative estimate of drug-likeness (QED) is 0.483. The van der Waals surface area contributed by atoms with E-state index in [1.165, 1.54) is 18.4 Å². The van der Waals surface area contributed by atoms with E-state index in [9.17, 15) is 14.0 Å². The van der Waals surface area contributed by atoms with E-state index in [0.29, 0.717) is 0 Å². The lowest BCUT2D eigenvalue weighted by Crippen LogP contribution is -2.09. The fraction of sp³-hybridized carbons (Fsp3) is 0.0769. The van der Waals surface area contributed by atoms with Crippen LogP contribution in [0.4, 0.5) is 4.39 Å². The number of hydrogen-bond acceptors (Lipinski definition) is 3. The summed E-state index contributed by atoms with van der Waals surface area (Å²) in [4.78, 5) is 23.6. The van der Waals surface area contributed by atoms with Crippen molar-refractivity contribution in [3.63, 3.8) is 0 Å². The lowest BCUT2D eigenvalue weighted by atomic mass is 10.0. The minimum Gasteiger partial charge on any atom is -0.461 e. The van der Waals surface area contributed by atoms with E-state index in [1.54, 1.807) is 0 Å². The summed E-state index contributed by atoms with van der Waals surface area (Å²) in [5, 5.41) is -0.178. The van der Waals surface area contributed by atoms with Gasteiger partial charge in [-0.2, -0.15) is 0 Å². The number of carbonyl (C=O) groups excluding carboxylic acids is 2. The zero-order valence-corrected chi connectivity index (χ0v) is 11.0. The molecule has 6 heteroatoms. The van der Waals surface area contributed by atoms with Gasteiger partial charge < -0.3 is 4.42 Å². The van der Waals surface area contributed by atoms with Gasteiger partial charge in [0.2, 0.25) is 5.78 Å². The van der Waals surface area contributed by atoms with Gasteiger partial charge in [-0.15, -0.1) is 0 Å². The van der Waals surface area contributed by atoms with Crippen LogP contribution in [0.1, 0.15) is 27.3 Å². The molecule has 2 aromatic rings. The Balaban J connectivity index is 2.21. The molecule has 0 atom stereocenters. The Morgan fingerprint density at radius 1 is 1.16 bits per heavy atom. The SMILES string of the molecule is O=C(CC(=O)c1cc(F)c(Cl)cc1Cl)c1ccco1. The Labute approximate surface area is 117 Å². The molecule has 0 bridgehead atoms. The fourth-order valence-corrected chi connectivity index (χ4v) is 1.99. The second kappa shape index (κ2) is 5.55. The molecule has 1 aromatic carbocycles. The standard InChI is InChI=1S/C13H7Cl2FO3/c14-8-5-9(15)10(16)4-7(8)11(17)6-12(18)13-2-1-3-19-13/h1-5H,6H2. The summed E-state index contributed by atoms with van der Waals surface area (Å²) in [7, 11) is 0. The van der Waals surface area contributed by atoms with Gasteiger partial charge in [-0.3, -0.25) is 9.59 Å². The number of halogens is 3. The van der Waals surface area contributed by atoms with Crippen molar-refractivity contribution < 1.29 is 18.4 Å². The largest absolute Gasteiger partial charge is 0.461 e. The lowest BCUT2D eigenvalue weighted by Gasteiger charge is -2.04. The molecule has 0 fully saturated rings. The third-order valence-corrected chi connectivity index (χ3v) is 3.03. The lowest BCUT2D eigenvalue weighted by molar-refractivity contribution is 0.0878. The van der Waals surface area contributed by atoms with Gasteiger partial charge in [-0.05, 0) is 24.3 Å². The average Bonchev–Trinajstić information content (AvgIpc) is 2.87. The number of rotatable bonds is 4. The van der Waals surface area contributed by atoms with Crippen LogP contribution in [0, 0.1) is 5.82 Å². The molecule has 0 saturated heterocycles. The molecule has 3 nitrogen and oxygen atoms in total. The molecule has 0 aliphatic carbocycles. The number of carbonyl (C=O) groups is 2. The maximum atomic E-state index is 13.3. The monoisotopic (exact) mass is 300 g/mol. The highest BCUT2D eigenvalue weighted by molar-refractivity contribution is 6.37. The van der Waals surface area contributed by atoms with Gasteiger partial charge in [0.15, 0.2) is 11.5 Å². The Hall–Kier alpha value is -1.65. The first kappa shape index (κ1) is 13.8. The number of hydrogen-bond donors (Lipinski definition) is 0. The van der Waals surface area contributed by atoms with Crippen LogP contribution in [0.2, 0.25) is 10.0 Å². The Kier molecular flexibility index (Phi) is 4.02. The number of Topliss-reactive ketones (excluding diaryl/α,β-unsaturated/α-hetero) is 2. The summed E-state index contributed by atoms with van der Waals surface area (Å²) in [6, 6.07) is 5.03. The first-order valence-corrected chi connectivity index (χ1v) is 5.99. The van der Waals surface area contributed by atoms with Gasteiger partial charge in [0.1, 0.15) is 5.82 Å². The second-order valence-electron chi connectivity index (χ2n) is 3.75. The molecule has 0 aliphatic rings. The minimum atomic E-state index is -0.764. The molecule has 0 saturated carbocycles. The summed E-state index contributed by atoms with van der Waals surface area (Å²) >= 11 is 11.3. The van der Waals surface area contributed by atoms with E-state index in [-0.39, 0.29) is 21.4 Å². The highest BCUT2D eigenvalue weighted by atomic mass is 35.5. The van der Waals surface area contributed by atoms with Gasteiger partial charge in [0.05, 0.1) is 22.7 Å². The van der Waals surface area contributed by atoms with E-state index in [4.69, 9.17) is 27.6 Å². The van der Waals surface area contributed by atoms with Crippen molar-refractivity contribution in [2.45, 2.75) is 6.42 Å². The molecule has 0 aliphatic heterocycles. The molecule has 0 N–H and O–H groups in total. The Morgan fingerprint density at radius 2 is 1.89 bits per heavy atom. The van der Waals surface area contributed by atoms with Crippen molar-refractivity contribution in [2.75, 3.05) is 0 Å². The number of ketones is 2. The van der Waals surface area contributed by atoms with E-state index in [0.717, 1.165) is 12.1 Å². The fourth-order valence-electron chi connectivity index (χ4n) is 1.50. The Bertz CT molecular complexity index is 636. The van der Waals surface area contributed by atoms with E-state index >= 15 is 0 Å². The molecule has 19 heavy (non-hydrogen) atoms. The summed E-state index contributed by atoms with van der Waals surface area (Å²) in [6.07, 6.45) is 0.876. The van der Waals surface area contributed by atoms with Gasteiger partial charge in [0, 0.05) is 5.56 Å². The molecule has 0 radical (unpaired) electrons. The second-order valence-corrected chi connectivity index (χ2v) is 4.56. The van der Waals surface area contributed by atoms with Crippen LogP contribution in [0.3, 0.4) is 0 Å².